The molecular formula is C37H30N5O-. The van der Waals surface area contributed by atoms with Crippen LogP contribution in [0, 0.1) is 28.6 Å². The van der Waals surface area contributed by atoms with E-state index in [4.69, 9.17) is 4.74 Å². The minimum Gasteiger partial charge on any atom is -0.506 e. The molecule has 0 saturated heterocycles. The number of hydrogen-bond acceptors (Lipinski definition) is 6. The van der Waals surface area contributed by atoms with Gasteiger partial charge in [-0.05, 0) is 73.5 Å². The zero-order chi connectivity index (χ0) is 29.8. The number of nitrogens with zero attached hydrogens (tertiary/aromatic N) is 3. The van der Waals surface area contributed by atoms with Gasteiger partial charge in [0.25, 0.3) is 0 Å². The van der Waals surface area contributed by atoms with Crippen molar-refractivity contribution in [2.75, 3.05) is 28.6 Å². The second-order valence-corrected chi connectivity index (χ2v) is 10.1. The van der Waals surface area contributed by atoms with Gasteiger partial charge in [0.05, 0.1) is 23.6 Å². The lowest BCUT2D eigenvalue weighted by atomic mass is 9.78. The second kappa shape index (κ2) is 11.9. The molecule has 0 bridgehead atoms. The van der Waals surface area contributed by atoms with Crippen LogP contribution in [0.4, 0.5) is 28.4 Å². The standard InChI is InChI=1S/C37H30N5O/c1-3-40-27-15-17-32-34(21-27)43-35-22-28(41-4-2)16-18-33(35)37(32)36-25(23-38)19-31(20-26(36)24-39)42(29-11-7-5-8-12-29)30-13-9-6-10-14-30/h5-22,40-41H,3-4H2,1-2H3/q-1. The highest BCUT2D eigenvalue weighted by atomic mass is 16.5. The van der Waals surface area contributed by atoms with E-state index in [1.54, 1.807) is 0 Å². The number of anilines is 5. The maximum absolute atomic E-state index is 10.6. The van der Waals surface area contributed by atoms with Crippen molar-refractivity contribution in [3.8, 4) is 23.6 Å². The van der Waals surface area contributed by atoms with Crippen LogP contribution in [0.15, 0.2) is 109 Å². The van der Waals surface area contributed by atoms with E-state index >= 15 is 0 Å². The molecule has 0 saturated carbocycles. The number of fused-ring (bicyclic) bond motifs is 2. The summed E-state index contributed by atoms with van der Waals surface area (Å²) in [6, 6.07) is 40.5. The van der Waals surface area contributed by atoms with Crippen LogP contribution < -0.4 is 20.3 Å². The third kappa shape index (κ3) is 5.19. The minimum atomic E-state index is 0.409. The molecule has 0 aliphatic carbocycles. The van der Waals surface area contributed by atoms with Crippen molar-refractivity contribution in [1.29, 1.82) is 10.5 Å². The highest BCUT2D eigenvalue weighted by Gasteiger charge is 2.28. The van der Waals surface area contributed by atoms with Crippen molar-refractivity contribution in [2.24, 2.45) is 0 Å². The van der Waals surface area contributed by atoms with E-state index in [1.165, 1.54) is 0 Å². The molecule has 43 heavy (non-hydrogen) atoms. The second-order valence-electron chi connectivity index (χ2n) is 10.1. The summed E-state index contributed by atoms with van der Waals surface area (Å²) >= 11 is 0. The van der Waals surface area contributed by atoms with Crippen LogP contribution in [-0.4, -0.2) is 13.1 Å². The lowest BCUT2D eigenvalue weighted by Crippen LogP contribution is -2.17. The van der Waals surface area contributed by atoms with Crippen LogP contribution in [-0.2, 0) is 0 Å². The normalized spacial score (nSPS) is 11.3. The van der Waals surface area contributed by atoms with Crippen molar-refractivity contribution in [3.05, 3.63) is 143 Å². The molecule has 210 valence electrons. The lowest BCUT2D eigenvalue weighted by molar-refractivity contribution is 0.466. The third-order valence-electron chi connectivity index (χ3n) is 7.38. The van der Waals surface area contributed by atoms with E-state index in [1.807, 2.05) is 123 Å². The number of rotatable bonds is 8. The number of benzene rings is 5. The first-order valence-electron chi connectivity index (χ1n) is 14.3. The van der Waals surface area contributed by atoms with E-state index in [2.05, 4.69) is 27.7 Å². The van der Waals surface area contributed by atoms with E-state index in [9.17, 15) is 10.5 Å². The SMILES string of the molecule is CCNc1ccc2c(c1)Oc1cc(NCC)ccc1[C-]2c1c(C#N)cc(N(c2ccccc2)c2ccccc2)cc1C#N. The molecule has 5 aromatic rings. The molecule has 1 aliphatic rings. The zero-order valence-corrected chi connectivity index (χ0v) is 24.1. The van der Waals surface area contributed by atoms with E-state index in [0.717, 1.165) is 58.6 Å². The molecule has 1 heterocycles. The Labute approximate surface area is 252 Å². The molecule has 6 rings (SSSR count). The topological polar surface area (TPSA) is 84.1 Å². The first-order chi connectivity index (χ1) is 21.1. The molecule has 5 aromatic carbocycles. The van der Waals surface area contributed by atoms with Crippen LogP contribution in [0.5, 0.6) is 11.5 Å². The average molecular weight is 561 g/mol. The van der Waals surface area contributed by atoms with Gasteiger partial charge in [-0.2, -0.15) is 10.5 Å². The molecule has 0 radical (unpaired) electrons. The summed E-state index contributed by atoms with van der Waals surface area (Å²) in [4.78, 5) is 2.06. The zero-order valence-electron chi connectivity index (χ0n) is 24.1. The van der Waals surface area contributed by atoms with Gasteiger partial charge in [-0.1, -0.05) is 72.1 Å². The summed E-state index contributed by atoms with van der Waals surface area (Å²) in [6.07, 6.45) is 0. The summed E-state index contributed by atoms with van der Waals surface area (Å²) in [7, 11) is 0. The summed E-state index contributed by atoms with van der Waals surface area (Å²) in [5, 5.41) is 27.9. The number of hydrogen-bond donors (Lipinski definition) is 2. The molecule has 0 atom stereocenters. The minimum absolute atomic E-state index is 0.409. The molecule has 0 amide bonds. The van der Waals surface area contributed by atoms with Crippen molar-refractivity contribution in [3.63, 3.8) is 0 Å². The van der Waals surface area contributed by atoms with Gasteiger partial charge in [0, 0.05) is 52.7 Å². The average Bonchev–Trinajstić information content (AvgIpc) is 3.04. The molecule has 0 unspecified atom stereocenters. The quantitative estimate of drug-likeness (QED) is 0.181. The van der Waals surface area contributed by atoms with Gasteiger partial charge < -0.3 is 20.3 Å². The first-order valence-corrected chi connectivity index (χ1v) is 14.3. The molecule has 1 aliphatic heterocycles. The fourth-order valence-electron chi connectivity index (χ4n) is 5.59. The summed E-state index contributed by atoms with van der Waals surface area (Å²) in [5.41, 5.74) is 7.52. The summed E-state index contributed by atoms with van der Waals surface area (Å²) in [5.74, 6) is 2.14. The van der Waals surface area contributed by atoms with Crippen molar-refractivity contribution >= 4 is 28.4 Å². The van der Waals surface area contributed by atoms with Gasteiger partial charge in [-0.15, -0.1) is 0 Å². The number of nitrogens with one attached hydrogen (secondary N) is 2. The smallest absolute Gasteiger partial charge is 0.0819 e. The molecular weight excluding hydrogens is 530 g/mol. The van der Waals surface area contributed by atoms with Crippen LogP contribution in [0.3, 0.4) is 0 Å². The molecule has 6 heteroatoms. The first kappa shape index (κ1) is 27.3. The number of para-hydroxylation sites is 2. The monoisotopic (exact) mass is 560 g/mol. The van der Waals surface area contributed by atoms with Gasteiger partial charge in [-0.3, -0.25) is 0 Å². The summed E-state index contributed by atoms with van der Waals surface area (Å²) in [6.45, 7) is 5.64. The van der Waals surface area contributed by atoms with Gasteiger partial charge >= 0.3 is 0 Å². The Kier molecular flexibility index (Phi) is 7.59. The Bertz CT molecular complexity index is 1720. The largest absolute Gasteiger partial charge is 0.506 e. The van der Waals surface area contributed by atoms with Crippen LogP contribution in [0.2, 0.25) is 0 Å². The third-order valence-corrected chi connectivity index (χ3v) is 7.38. The lowest BCUT2D eigenvalue weighted by Gasteiger charge is -2.37. The number of nitriles is 2. The highest BCUT2D eigenvalue weighted by Crippen LogP contribution is 2.50. The maximum atomic E-state index is 10.6. The Hall–Kier alpha value is -5.85. The predicted molar refractivity (Wildman–Crippen MR) is 172 cm³/mol. The fourth-order valence-corrected chi connectivity index (χ4v) is 5.59. The highest BCUT2D eigenvalue weighted by molar-refractivity contribution is 5.82. The Morgan fingerprint density at radius 3 is 1.51 bits per heavy atom. The molecule has 6 nitrogen and oxygen atoms in total. The van der Waals surface area contributed by atoms with Crippen LogP contribution in [0.25, 0.3) is 0 Å². The van der Waals surface area contributed by atoms with Crippen LogP contribution >= 0.6 is 0 Å². The Morgan fingerprint density at radius 1 is 0.628 bits per heavy atom. The fraction of sp³-hybridized carbons (Fsp3) is 0.108. The van der Waals surface area contributed by atoms with Crippen molar-refractivity contribution in [1.82, 2.24) is 0 Å². The Morgan fingerprint density at radius 2 is 1.09 bits per heavy atom. The van der Waals surface area contributed by atoms with E-state index < -0.39 is 0 Å². The summed E-state index contributed by atoms with van der Waals surface area (Å²) < 4.78 is 6.45. The van der Waals surface area contributed by atoms with Crippen molar-refractivity contribution < 1.29 is 4.74 Å². The van der Waals surface area contributed by atoms with E-state index in [-0.39, 0.29) is 0 Å². The van der Waals surface area contributed by atoms with Crippen LogP contribution in [0.1, 0.15) is 41.7 Å². The van der Waals surface area contributed by atoms with Gasteiger partial charge in [0.15, 0.2) is 0 Å². The van der Waals surface area contributed by atoms with Gasteiger partial charge in [-0.25, -0.2) is 0 Å². The van der Waals surface area contributed by atoms with Gasteiger partial charge in [0.2, 0.25) is 0 Å². The maximum Gasteiger partial charge on any atom is 0.0819 e. The van der Waals surface area contributed by atoms with Gasteiger partial charge in [0.1, 0.15) is 0 Å². The predicted octanol–water partition coefficient (Wildman–Crippen LogP) is 8.89. The molecule has 0 spiro atoms. The molecule has 0 fully saturated rings. The Balaban J connectivity index is 1.58. The molecule has 0 aromatic heterocycles. The van der Waals surface area contributed by atoms with E-state index in [0.29, 0.717) is 28.2 Å². The number of ether oxygens (including phenoxy) is 1. The van der Waals surface area contributed by atoms with Crippen molar-refractivity contribution in [2.45, 2.75) is 13.8 Å². The molecule has 2 N–H and O–H groups in total.